The minimum Gasteiger partial charge on any atom is -0.338 e. The Morgan fingerprint density at radius 2 is 1.57 bits per heavy atom. The number of hydrogen-bond donors (Lipinski definition) is 0. The zero-order valence-corrected chi connectivity index (χ0v) is 21.4. The van der Waals surface area contributed by atoms with Crippen molar-refractivity contribution in [2.24, 2.45) is 0 Å². The average molecular weight is 468 g/mol. The zero-order valence-electron chi connectivity index (χ0n) is 21.4. The predicted molar refractivity (Wildman–Crippen MR) is 141 cm³/mol. The van der Waals surface area contributed by atoms with Crippen LogP contribution in [0.15, 0.2) is 60.7 Å². The van der Waals surface area contributed by atoms with E-state index in [2.05, 4.69) is 31.2 Å². The summed E-state index contributed by atoms with van der Waals surface area (Å²) in [7, 11) is 1.83. The van der Waals surface area contributed by atoms with Crippen LogP contribution in [0.25, 0.3) is 11.8 Å². The van der Waals surface area contributed by atoms with E-state index in [-0.39, 0.29) is 5.91 Å². The molecule has 0 saturated heterocycles. The topological polar surface area (TPSA) is 56.0 Å². The first-order chi connectivity index (χ1) is 16.7. The Morgan fingerprint density at radius 1 is 0.886 bits per heavy atom. The molecule has 0 atom stereocenters. The lowest BCUT2D eigenvalue weighted by atomic mass is 10.1. The summed E-state index contributed by atoms with van der Waals surface area (Å²) in [6.45, 7) is 11.4. The van der Waals surface area contributed by atoms with Gasteiger partial charge in [-0.1, -0.05) is 48.0 Å². The number of hydrogen-bond acceptors (Lipinski definition) is 3. The lowest BCUT2D eigenvalue weighted by Crippen LogP contribution is -2.24. The molecule has 1 amide bonds. The Morgan fingerprint density at radius 3 is 2.26 bits per heavy atom. The second-order valence-corrected chi connectivity index (χ2v) is 9.15. The highest BCUT2D eigenvalue weighted by molar-refractivity contribution is 5.91. The molecule has 0 bridgehead atoms. The number of likely N-dealkylation sites (N-methyl/N-ethyl adjacent to an activating group) is 1. The molecule has 35 heavy (non-hydrogen) atoms. The Hall–Kier alpha value is -3.93. The van der Waals surface area contributed by atoms with Crippen LogP contribution in [0.5, 0.6) is 0 Å². The molecule has 4 aromatic rings. The Bertz CT molecular complexity index is 1360. The van der Waals surface area contributed by atoms with Crippen molar-refractivity contribution in [2.75, 3.05) is 7.05 Å². The molecular weight excluding hydrogens is 434 g/mol. The van der Waals surface area contributed by atoms with Crippen molar-refractivity contribution >= 4 is 12.0 Å². The third-order valence-electron chi connectivity index (χ3n) is 6.50. The van der Waals surface area contributed by atoms with Crippen LogP contribution in [-0.4, -0.2) is 37.4 Å². The molecular formula is C29H33N5O. The van der Waals surface area contributed by atoms with E-state index >= 15 is 0 Å². The molecule has 0 saturated carbocycles. The van der Waals surface area contributed by atoms with Crippen LogP contribution in [0.3, 0.4) is 0 Å². The van der Waals surface area contributed by atoms with Crippen molar-refractivity contribution in [2.45, 2.75) is 47.7 Å². The minimum absolute atomic E-state index is 0.0543. The van der Waals surface area contributed by atoms with E-state index in [9.17, 15) is 4.79 Å². The van der Waals surface area contributed by atoms with Gasteiger partial charge in [0.1, 0.15) is 0 Å². The Balaban J connectivity index is 1.47. The van der Waals surface area contributed by atoms with E-state index in [1.54, 1.807) is 11.0 Å². The van der Waals surface area contributed by atoms with E-state index in [0.29, 0.717) is 13.1 Å². The lowest BCUT2D eigenvalue weighted by Gasteiger charge is -2.15. The minimum atomic E-state index is -0.0543. The SMILES string of the molecule is Cc1ccc(Cn2nc(C)c(/C=C/C(=O)N(C)Cc3c(C)nn(-c4ccccc4)c3C)c2C)cc1. The number of aryl methyl sites for hydroxylation is 3. The monoisotopic (exact) mass is 467 g/mol. The molecule has 0 radical (unpaired) electrons. The summed E-state index contributed by atoms with van der Waals surface area (Å²) in [6.07, 6.45) is 3.52. The van der Waals surface area contributed by atoms with E-state index in [4.69, 9.17) is 10.2 Å². The number of carbonyl (C=O) groups is 1. The second kappa shape index (κ2) is 10.1. The summed E-state index contributed by atoms with van der Waals surface area (Å²) in [5.74, 6) is -0.0543. The van der Waals surface area contributed by atoms with Crippen LogP contribution < -0.4 is 0 Å². The van der Waals surface area contributed by atoms with Gasteiger partial charge in [-0.2, -0.15) is 10.2 Å². The first-order valence-corrected chi connectivity index (χ1v) is 11.9. The van der Waals surface area contributed by atoms with Crippen molar-refractivity contribution in [1.29, 1.82) is 0 Å². The fraction of sp³-hybridized carbons (Fsp3) is 0.276. The molecule has 180 valence electrons. The standard InChI is InChI=1S/C29H33N5O/c1-20-12-14-25(15-13-20)18-33-23(4)27(21(2)30-33)16-17-29(35)32(6)19-28-22(3)31-34(24(28)5)26-10-8-7-9-11-26/h7-17H,18-19H2,1-6H3/b17-16+. The van der Waals surface area contributed by atoms with Gasteiger partial charge in [0.25, 0.3) is 0 Å². The molecule has 2 heterocycles. The molecule has 0 aliphatic rings. The van der Waals surface area contributed by atoms with Crippen LogP contribution >= 0.6 is 0 Å². The normalized spacial score (nSPS) is 11.4. The third kappa shape index (κ3) is 5.27. The zero-order chi connectivity index (χ0) is 25.1. The number of nitrogens with zero attached hydrogens (tertiary/aromatic N) is 5. The van der Waals surface area contributed by atoms with Gasteiger partial charge in [-0.3, -0.25) is 9.48 Å². The summed E-state index contributed by atoms with van der Waals surface area (Å²) in [5.41, 5.74) is 9.45. The second-order valence-electron chi connectivity index (χ2n) is 9.15. The summed E-state index contributed by atoms with van der Waals surface area (Å²) in [4.78, 5) is 14.7. The van der Waals surface area contributed by atoms with Crippen molar-refractivity contribution in [1.82, 2.24) is 24.5 Å². The fourth-order valence-corrected chi connectivity index (χ4v) is 4.29. The van der Waals surface area contributed by atoms with Gasteiger partial charge < -0.3 is 4.90 Å². The van der Waals surface area contributed by atoms with Crippen LogP contribution in [0.1, 0.15) is 45.0 Å². The summed E-state index contributed by atoms with van der Waals surface area (Å²) in [6, 6.07) is 18.5. The van der Waals surface area contributed by atoms with Gasteiger partial charge in [-0.15, -0.1) is 0 Å². The largest absolute Gasteiger partial charge is 0.338 e. The van der Waals surface area contributed by atoms with Crippen molar-refractivity contribution < 1.29 is 4.79 Å². The highest BCUT2D eigenvalue weighted by Crippen LogP contribution is 2.20. The van der Waals surface area contributed by atoms with Crippen molar-refractivity contribution in [3.05, 3.63) is 106 Å². The lowest BCUT2D eigenvalue weighted by molar-refractivity contribution is -0.125. The maximum Gasteiger partial charge on any atom is 0.246 e. The average Bonchev–Trinajstić information content (AvgIpc) is 3.28. The molecule has 2 aromatic carbocycles. The molecule has 0 fully saturated rings. The molecule has 0 spiro atoms. The van der Waals surface area contributed by atoms with E-state index in [1.807, 2.05) is 80.5 Å². The van der Waals surface area contributed by atoms with Gasteiger partial charge in [-0.25, -0.2) is 4.68 Å². The summed E-state index contributed by atoms with van der Waals surface area (Å²) < 4.78 is 3.94. The third-order valence-corrected chi connectivity index (χ3v) is 6.50. The highest BCUT2D eigenvalue weighted by Gasteiger charge is 2.17. The van der Waals surface area contributed by atoms with Gasteiger partial charge in [0, 0.05) is 42.2 Å². The van der Waals surface area contributed by atoms with Gasteiger partial charge in [0.15, 0.2) is 0 Å². The number of amides is 1. The van der Waals surface area contributed by atoms with E-state index < -0.39 is 0 Å². The number of carbonyl (C=O) groups excluding carboxylic acids is 1. The van der Waals surface area contributed by atoms with E-state index in [1.165, 1.54) is 11.1 Å². The first-order valence-electron chi connectivity index (χ1n) is 11.9. The maximum absolute atomic E-state index is 13.0. The van der Waals surface area contributed by atoms with Gasteiger partial charge >= 0.3 is 0 Å². The quantitative estimate of drug-likeness (QED) is 0.345. The molecule has 6 heteroatoms. The summed E-state index contributed by atoms with van der Waals surface area (Å²) >= 11 is 0. The number of rotatable bonds is 7. The molecule has 0 aliphatic heterocycles. The van der Waals surface area contributed by atoms with Crippen LogP contribution in [0, 0.1) is 34.6 Å². The van der Waals surface area contributed by atoms with Crippen molar-refractivity contribution in [3.8, 4) is 5.69 Å². The van der Waals surface area contributed by atoms with E-state index in [0.717, 1.165) is 39.6 Å². The Kier molecular flexibility index (Phi) is 7.01. The molecule has 2 aromatic heterocycles. The molecule has 0 unspecified atom stereocenters. The molecule has 4 rings (SSSR count). The first kappa shape index (κ1) is 24.2. The van der Waals surface area contributed by atoms with Gasteiger partial charge in [0.2, 0.25) is 5.91 Å². The molecule has 0 N–H and O–H groups in total. The number of benzene rings is 2. The smallest absolute Gasteiger partial charge is 0.246 e. The van der Waals surface area contributed by atoms with Gasteiger partial charge in [0.05, 0.1) is 23.6 Å². The molecule has 6 nitrogen and oxygen atoms in total. The fourth-order valence-electron chi connectivity index (χ4n) is 4.29. The highest BCUT2D eigenvalue weighted by atomic mass is 16.2. The molecule has 0 aliphatic carbocycles. The van der Waals surface area contributed by atoms with Crippen molar-refractivity contribution in [3.63, 3.8) is 0 Å². The Labute approximate surface area is 207 Å². The predicted octanol–water partition coefficient (Wildman–Crippen LogP) is 5.33. The van der Waals surface area contributed by atoms with Crippen LogP contribution in [-0.2, 0) is 17.9 Å². The number of aromatic nitrogens is 4. The van der Waals surface area contributed by atoms with Crippen LogP contribution in [0.4, 0.5) is 0 Å². The maximum atomic E-state index is 13.0. The summed E-state index contributed by atoms with van der Waals surface area (Å²) in [5, 5.41) is 9.40. The van der Waals surface area contributed by atoms with Crippen LogP contribution in [0.2, 0.25) is 0 Å². The van der Waals surface area contributed by atoms with Gasteiger partial charge in [-0.05, 0) is 58.4 Å². The number of para-hydroxylation sites is 1.